The Morgan fingerprint density at radius 2 is 2.71 bits per heavy atom. The molecule has 7 heavy (non-hydrogen) atoms. The number of hydrogen-bond donors (Lipinski definition) is 1. The second-order valence-corrected chi connectivity index (χ2v) is 2.01. The molecule has 0 atom stereocenters. The predicted octanol–water partition coefficient (Wildman–Crippen LogP) is 0.726. The van der Waals surface area contributed by atoms with E-state index in [2.05, 4.69) is 5.32 Å². The second-order valence-electron chi connectivity index (χ2n) is 1.18. The van der Waals surface area contributed by atoms with Crippen LogP contribution in [-0.4, -0.2) is 12.3 Å². The van der Waals surface area contributed by atoms with Crippen LogP contribution in [0.15, 0.2) is 12.5 Å². The van der Waals surface area contributed by atoms with E-state index in [-0.39, 0.29) is 0 Å². The van der Waals surface area contributed by atoms with Crippen molar-refractivity contribution in [3.05, 3.63) is 12.5 Å². The third-order valence-electron chi connectivity index (χ3n) is 0.639. The Balaban J connectivity index is 2.20. The molecule has 0 amide bonds. The summed E-state index contributed by atoms with van der Waals surface area (Å²) in [5, 5.41) is 3.02. The Labute approximate surface area is 47.1 Å². The van der Waals surface area contributed by atoms with Crippen LogP contribution in [0.4, 0.5) is 0 Å². The summed E-state index contributed by atoms with van der Waals surface area (Å²) in [5.41, 5.74) is 0. The van der Waals surface area contributed by atoms with E-state index in [0.717, 1.165) is 12.3 Å². The molecule has 1 N–H and O–H groups in total. The standard InChI is InChI=1S/C4H7NOS/c1-3-6-7-4-2-5-1/h1,3,5H,2,4H2. The number of rotatable bonds is 0. The van der Waals surface area contributed by atoms with Gasteiger partial charge in [0.1, 0.15) is 6.26 Å². The topological polar surface area (TPSA) is 21.3 Å². The van der Waals surface area contributed by atoms with Gasteiger partial charge in [0.25, 0.3) is 0 Å². The van der Waals surface area contributed by atoms with E-state index < -0.39 is 0 Å². The molecular formula is C4H7NOS. The molecule has 0 fully saturated rings. The molecule has 2 nitrogen and oxygen atoms in total. The molecule has 0 radical (unpaired) electrons. The van der Waals surface area contributed by atoms with Gasteiger partial charge in [0.2, 0.25) is 0 Å². The zero-order valence-electron chi connectivity index (χ0n) is 3.89. The fraction of sp³-hybridized carbons (Fsp3) is 0.500. The van der Waals surface area contributed by atoms with Gasteiger partial charge in [-0.3, -0.25) is 0 Å². The lowest BCUT2D eigenvalue weighted by atomic mass is 10.7. The van der Waals surface area contributed by atoms with Gasteiger partial charge in [-0.1, -0.05) is 0 Å². The van der Waals surface area contributed by atoms with E-state index >= 15 is 0 Å². The number of hydrogen-bond acceptors (Lipinski definition) is 3. The normalized spacial score (nSPS) is 19.4. The molecule has 1 aliphatic heterocycles. The van der Waals surface area contributed by atoms with Crippen molar-refractivity contribution in [2.45, 2.75) is 0 Å². The summed E-state index contributed by atoms with van der Waals surface area (Å²) in [4.78, 5) is 0. The molecule has 0 aromatic carbocycles. The Kier molecular flexibility index (Phi) is 1.93. The SMILES string of the molecule is C1=COSCCN1. The van der Waals surface area contributed by atoms with Gasteiger partial charge in [0.05, 0.1) is 12.0 Å². The Morgan fingerprint density at radius 3 is 3.71 bits per heavy atom. The Bertz CT molecular complexity index is 66.1. The van der Waals surface area contributed by atoms with Crippen molar-refractivity contribution in [2.75, 3.05) is 12.3 Å². The largest absolute Gasteiger partial charge is 0.432 e. The van der Waals surface area contributed by atoms with Crippen LogP contribution in [0.1, 0.15) is 0 Å². The van der Waals surface area contributed by atoms with Crippen molar-refractivity contribution in [1.29, 1.82) is 0 Å². The van der Waals surface area contributed by atoms with Gasteiger partial charge in [-0.25, -0.2) is 0 Å². The third kappa shape index (κ3) is 1.73. The van der Waals surface area contributed by atoms with Gasteiger partial charge in [-0.2, -0.15) is 0 Å². The molecule has 1 rings (SSSR count). The lowest BCUT2D eigenvalue weighted by Crippen LogP contribution is -2.06. The summed E-state index contributed by atoms with van der Waals surface area (Å²) in [6.07, 6.45) is 3.46. The second kappa shape index (κ2) is 2.80. The van der Waals surface area contributed by atoms with Crippen LogP contribution in [0, 0.1) is 0 Å². The van der Waals surface area contributed by atoms with Crippen molar-refractivity contribution < 1.29 is 4.18 Å². The van der Waals surface area contributed by atoms with E-state index in [1.165, 1.54) is 12.0 Å². The van der Waals surface area contributed by atoms with E-state index in [1.807, 2.05) is 0 Å². The van der Waals surface area contributed by atoms with Crippen molar-refractivity contribution in [3.63, 3.8) is 0 Å². The Morgan fingerprint density at radius 1 is 1.71 bits per heavy atom. The summed E-state index contributed by atoms with van der Waals surface area (Å²) in [5.74, 6) is 1.02. The van der Waals surface area contributed by atoms with Crippen molar-refractivity contribution in [2.24, 2.45) is 0 Å². The zero-order chi connectivity index (χ0) is 4.95. The molecule has 0 saturated carbocycles. The van der Waals surface area contributed by atoms with Crippen LogP contribution in [0.5, 0.6) is 0 Å². The first-order valence-electron chi connectivity index (χ1n) is 2.17. The van der Waals surface area contributed by atoms with E-state index in [0.29, 0.717) is 0 Å². The first-order chi connectivity index (χ1) is 3.50. The molecule has 0 aromatic rings. The van der Waals surface area contributed by atoms with Crippen LogP contribution >= 0.6 is 12.0 Å². The van der Waals surface area contributed by atoms with Crippen LogP contribution in [0.25, 0.3) is 0 Å². The van der Waals surface area contributed by atoms with Crippen molar-refractivity contribution >= 4 is 12.0 Å². The summed E-state index contributed by atoms with van der Waals surface area (Å²) < 4.78 is 4.87. The maximum Gasteiger partial charge on any atom is 0.117 e. The molecule has 3 heteroatoms. The highest BCUT2D eigenvalue weighted by atomic mass is 32.2. The van der Waals surface area contributed by atoms with Crippen LogP contribution in [0.3, 0.4) is 0 Å². The molecule has 0 aliphatic carbocycles. The lowest BCUT2D eigenvalue weighted by Gasteiger charge is -1.89. The molecule has 0 aromatic heterocycles. The summed E-state index contributed by atoms with van der Waals surface area (Å²) in [6.45, 7) is 1.00. The van der Waals surface area contributed by atoms with E-state index in [4.69, 9.17) is 4.18 Å². The van der Waals surface area contributed by atoms with Gasteiger partial charge < -0.3 is 9.50 Å². The molecule has 1 heterocycles. The molecular weight excluding hydrogens is 110 g/mol. The highest BCUT2D eigenvalue weighted by molar-refractivity contribution is 7.94. The summed E-state index contributed by atoms with van der Waals surface area (Å²) >= 11 is 1.47. The smallest absolute Gasteiger partial charge is 0.117 e. The van der Waals surface area contributed by atoms with Gasteiger partial charge >= 0.3 is 0 Å². The summed E-state index contributed by atoms with van der Waals surface area (Å²) in [6, 6.07) is 0. The van der Waals surface area contributed by atoms with Gasteiger partial charge in [-0.05, 0) is 0 Å². The highest BCUT2D eigenvalue weighted by Gasteiger charge is 1.88. The number of nitrogens with one attached hydrogen (secondary N) is 1. The van der Waals surface area contributed by atoms with E-state index in [1.54, 1.807) is 12.5 Å². The van der Waals surface area contributed by atoms with E-state index in [9.17, 15) is 0 Å². The maximum absolute atomic E-state index is 4.87. The Hall–Kier alpha value is -0.310. The molecule has 1 aliphatic rings. The first-order valence-corrected chi connectivity index (χ1v) is 3.08. The molecule has 0 saturated heterocycles. The third-order valence-corrected chi connectivity index (χ3v) is 1.26. The van der Waals surface area contributed by atoms with Gasteiger partial charge in [0, 0.05) is 18.5 Å². The zero-order valence-corrected chi connectivity index (χ0v) is 4.70. The fourth-order valence-electron chi connectivity index (χ4n) is 0.347. The highest BCUT2D eigenvalue weighted by Crippen LogP contribution is 2.02. The first kappa shape index (κ1) is 4.84. The van der Waals surface area contributed by atoms with Gasteiger partial charge in [0.15, 0.2) is 0 Å². The molecule has 0 bridgehead atoms. The summed E-state index contributed by atoms with van der Waals surface area (Å²) in [7, 11) is 0. The van der Waals surface area contributed by atoms with Crippen molar-refractivity contribution in [3.8, 4) is 0 Å². The minimum Gasteiger partial charge on any atom is -0.432 e. The van der Waals surface area contributed by atoms with Crippen molar-refractivity contribution in [1.82, 2.24) is 5.32 Å². The molecule has 0 spiro atoms. The molecule has 40 valence electrons. The fourth-order valence-corrected chi connectivity index (χ4v) is 0.779. The average Bonchev–Trinajstić information content (AvgIpc) is 1.90. The average molecular weight is 117 g/mol. The maximum atomic E-state index is 4.87. The predicted molar refractivity (Wildman–Crippen MR) is 30.7 cm³/mol. The van der Waals surface area contributed by atoms with Crippen LogP contribution in [0.2, 0.25) is 0 Å². The lowest BCUT2D eigenvalue weighted by molar-refractivity contribution is 0.567. The van der Waals surface area contributed by atoms with Gasteiger partial charge in [-0.15, -0.1) is 0 Å². The minimum absolute atomic E-state index is 1.00. The minimum atomic E-state index is 1.00. The van der Waals surface area contributed by atoms with Crippen LogP contribution in [-0.2, 0) is 4.18 Å². The quantitative estimate of drug-likeness (QED) is 0.472. The molecule has 0 unspecified atom stereocenters. The monoisotopic (exact) mass is 117 g/mol. The van der Waals surface area contributed by atoms with Crippen LogP contribution < -0.4 is 5.32 Å².